The molecule has 2 rings (SSSR count). The van der Waals surface area contributed by atoms with Gasteiger partial charge in [-0.05, 0) is 6.92 Å². The minimum Gasteiger partial charge on any atom is -0.438 e. The van der Waals surface area contributed by atoms with E-state index in [2.05, 4.69) is 15.6 Å². The number of hydrogen-bond donors (Lipinski definition) is 2. The van der Waals surface area contributed by atoms with Gasteiger partial charge in [0.05, 0.1) is 5.69 Å². The SMILES string of the molecule is Cc1ncoc1C(=O)NCC(N1CCNCC1)C(F)(F)F.Cl.Cl. The summed E-state index contributed by atoms with van der Waals surface area (Å²) in [5.74, 6) is -0.745. The summed E-state index contributed by atoms with van der Waals surface area (Å²) in [5, 5.41) is 5.27. The molecular formula is C12H19Cl2F3N4O2. The molecule has 2 N–H and O–H groups in total. The maximum Gasteiger partial charge on any atom is 0.405 e. The van der Waals surface area contributed by atoms with Crippen molar-refractivity contribution < 1.29 is 22.4 Å². The van der Waals surface area contributed by atoms with Gasteiger partial charge in [-0.3, -0.25) is 9.69 Å². The van der Waals surface area contributed by atoms with Crippen LogP contribution in [-0.4, -0.2) is 60.7 Å². The molecule has 0 saturated carbocycles. The van der Waals surface area contributed by atoms with Gasteiger partial charge >= 0.3 is 6.18 Å². The molecule has 23 heavy (non-hydrogen) atoms. The summed E-state index contributed by atoms with van der Waals surface area (Å²) in [5.41, 5.74) is 0.346. The van der Waals surface area contributed by atoms with E-state index in [1.807, 2.05) is 0 Å². The van der Waals surface area contributed by atoms with Crippen molar-refractivity contribution in [2.75, 3.05) is 32.7 Å². The average molecular weight is 379 g/mol. The maximum absolute atomic E-state index is 13.1. The number of aryl methyl sites for hydroxylation is 1. The second kappa shape index (κ2) is 9.31. The van der Waals surface area contributed by atoms with E-state index in [0.717, 1.165) is 6.39 Å². The van der Waals surface area contributed by atoms with Crippen LogP contribution in [0.15, 0.2) is 10.8 Å². The monoisotopic (exact) mass is 378 g/mol. The Hall–Kier alpha value is -1.03. The zero-order valence-electron chi connectivity index (χ0n) is 12.4. The van der Waals surface area contributed by atoms with Crippen LogP contribution in [0, 0.1) is 6.92 Å². The molecule has 6 nitrogen and oxygen atoms in total. The summed E-state index contributed by atoms with van der Waals surface area (Å²) in [6.45, 7) is 2.63. The van der Waals surface area contributed by atoms with Crippen LogP contribution in [0.1, 0.15) is 16.2 Å². The highest BCUT2D eigenvalue weighted by atomic mass is 35.5. The first-order valence-electron chi connectivity index (χ1n) is 6.59. The number of piperazine rings is 1. The lowest BCUT2D eigenvalue weighted by Crippen LogP contribution is -2.57. The smallest absolute Gasteiger partial charge is 0.405 e. The van der Waals surface area contributed by atoms with Gasteiger partial charge < -0.3 is 15.1 Å². The van der Waals surface area contributed by atoms with Crippen molar-refractivity contribution in [1.82, 2.24) is 20.5 Å². The molecule has 1 aromatic heterocycles. The number of amides is 1. The molecule has 1 aliphatic heterocycles. The van der Waals surface area contributed by atoms with Crippen LogP contribution in [0.5, 0.6) is 0 Å². The van der Waals surface area contributed by atoms with Gasteiger partial charge in [-0.2, -0.15) is 13.2 Å². The highest BCUT2D eigenvalue weighted by Gasteiger charge is 2.43. The Kier molecular flexibility index (Phi) is 8.89. The molecule has 0 spiro atoms. The molecule has 1 unspecified atom stereocenters. The van der Waals surface area contributed by atoms with Gasteiger partial charge in [-0.25, -0.2) is 4.98 Å². The standard InChI is InChI=1S/C12H17F3N4O2.2ClH/c1-8-10(21-7-18-8)11(20)17-6-9(12(13,14)15)19-4-2-16-3-5-19;;/h7,9,16H,2-6H2,1H3,(H,17,20);2*1H. The molecule has 134 valence electrons. The van der Waals surface area contributed by atoms with E-state index in [1.54, 1.807) is 6.92 Å². The molecule has 2 heterocycles. The summed E-state index contributed by atoms with van der Waals surface area (Å²) in [7, 11) is 0. The number of hydrogen-bond acceptors (Lipinski definition) is 5. The van der Waals surface area contributed by atoms with E-state index in [0.29, 0.717) is 31.9 Å². The highest BCUT2D eigenvalue weighted by Crippen LogP contribution is 2.24. The Morgan fingerprint density at radius 3 is 2.52 bits per heavy atom. The highest BCUT2D eigenvalue weighted by molar-refractivity contribution is 5.92. The van der Waals surface area contributed by atoms with Crippen molar-refractivity contribution in [2.24, 2.45) is 0 Å². The number of alkyl halides is 3. The first kappa shape index (κ1) is 22.0. The van der Waals surface area contributed by atoms with Gasteiger partial charge in [0.15, 0.2) is 6.39 Å². The molecule has 1 fully saturated rings. The van der Waals surface area contributed by atoms with Crippen LogP contribution in [0.3, 0.4) is 0 Å². The second-order valence-electron chi connectivity index (χ2n) is 4.82. The molecule has 1 atom stereocenters. The molecule has 0 bridgehead atoms. The van der Waals surface area contributed by atoms with Gasteiger partial charge in [-0.1, -0.05) is 0 Å². The van der Waals surface area contributed by atoms with E-state index in [-0.39, 0.29) is 30.6 Å². The van der Waals surface area contributed by atoms with Crippen molar-refractivity contribution >= 4 is 30.7 Å². The normalized spacial score (nSPS) is 16.9. The van der Waals surface area contributed by atoms with Crippen LogP contribution in [0.4, 0.5) is 13.2 Å². The second-order valence-corrected chi connectivity index (χ2v) is 4.82. The van der Waals surface area contributed by atoms with Gasteiger partial charge in [0, 0.05) is 32.7 Å². The number of carbonyl (C=O) groups excluding carboxylic acids is 1. The van der Waals surface area contributed by atoms with Crippen LogP contribution >= 0.6 is 24.8 Å². The lowest BCUT2D eigenvalue weighted by Gasteiger charge is -2.35. The van der Waals surface area contributed by atoms with Gasteiger partial charge in [-0.15, -0.1) is 24.8 Å². The lowest BCUT2D eigenvalue weighted by atomic mass is 10.2. The molecule has 0 aliphatic carbocycles. The molecule has 0 radical (unpaired) electrons. The number of carbonyl (C=O) groups is 1. The topological polar surface area (TPSA) is 70.4 Å². The van der Waals surface area contributed by atoms with Crippen LogP contribution in [0.25, 0.3) is 0 Å². The number of nitrogens with zero attached hydrogens (tertiary/aromatic N) is 2. The summed E-state index contributed by atoms with van der Waals surface area (Å²) in [4.78, 5) is 16.9. The summed E-state index contributed by atoms with van der Waals surface area (Å²) < 4.78 is 44.2. The number of oxazole rings is 1. The summed E-state index contributed by atoms with van der Waals surface area (Å²) in [6.07, 6.45) is -3.32. The number of halogens is 5. The van der Waals surface area contributed by atoms with E-state index in [4.69, 9.17) is 4.42 Å². The van der Waals surface area contributed by atoms with Gasteiger partial charge in [0.25, 0.3) is 5.91 Å². The quantitative estimate of drug-likeness (QED) is 0.828. The molecule has 1 saturated heterocycles. The predicted octanol–water partition coefficient (Wildman–Crippen LogP) is 1.39. The third-order valence-corrected chi connectivity index (χ3v) is 3.38. The fraction of sp³-hybridized carbons (Fsp3) is 0.667. The lowest BCUT2D eigenvalue weighted by molar-refractivity contribution is -0.183. The number of rotatable bonds is 4. The number of aromatic nitrogens is 1. The maximum atomic E-state index is 13.1. The predicted molar refractivity (Wildman–Crippen MR) is 82.4 cm³/mol. The summed E-state index contributed by atoms with van der Waals surface area (Å²) >= 11 is 0. The minimum atomic E-state index is -4.40. The minimum absolute atomic E-state index is 0. The van der Waals surface area contributed by atoms with Crippen molar-refractivity contribution in [1.29, 1.82) is 0 Å². The van der Waals surface area contributed by atoms with Crippen molar-refractivity contribution in [3.63, 3.8) is 0 Å². The average Bonchev–Trinajstić information content (AvgIpc) is 2.85. The third kappa shape index (κ3) is 5.83. The van der Waals surface area contributed by atoms with Crippen LogP contribution < -0.4 is 10.6 Å². The first-order chi connectivity index (χ1) is 9.89. The van der Waals surface area contributed by atoms with E-state index in [9.17, 15) is 18.0 Å². The summed E-state index contributed by atoms with van der Waals surface area (Å²) in [6, 6.07) is -1.70. The zero-order valence-corrected chi connectivity index (χ0v) is 14.0. The van der Waals surface area contributed by atoms with Crippen molar-refractivity contribution in [3.8, 4) is 0 Å². The van der Waals surface area contributed by atoms with Crippen LogP contribution in [0.2, 0.25) is 0 Å². The Morgan fingerprint density at radius 2 is 2.04 bits per heavy atom. The Labute approximate surface area is 144 Å². The fourth-order valence-electron chi connectivity index (χ4n) is 2.24. The Balaban J connectivity index is 0.00000242. The fourth-order valence-corrected chi connectivity index (χ4v) is 2.24. The molecule has 1 aliphatic rings. The van der Waals surface area contributed by atoms with Crippen molar-refractivity contribution in [3.05, 3.63) is 17.8 Å². The Bertz CT molecular complexity index is 493. The molecule has 1 aromatic rings. The Morgan fingerprint density at radius 1 is 1.43 bits per heavy atom. The largest absolute Gasteiger partial charge is 0.438 e. The zero-order chi connectivity index (χ0) is 15.5. The molecule has 1 amide bonds. The van der Waals surface area contributed by atoms with E-state index in [1.165, 1.54) is 4.90 Å². The van der Waals surface area contributed by atoms with Crippen LogP contribution in [-0.2, 0) is 0 Å². The van der Waals surface area contributed by atoms with Gasteiger partial charge in [0.2, 0.25) is 5.76 Å². The molecular weight excluding hydrogens is 360 g/mol. The molecule has 0 aromatic carbocycles. The molecule has 11 heteroatoms. The number of nitrogens with one attached hydrogen (secondary N) is 2. The third-order valence-electron chi connectivity index (χ3n) is 3.38. The van der Waals surface area contributed by atoms with E-state index >= 15 is 0 Å². The first-order valence-corrected chi connectivity index (χ1v) is 6.59. The van der Waals surface area contributed by atoms with E-state index < -0.39 is 24.7 Å². The van der Waals surface area contributed by atoms with Crippen molar-refractivity contribution in [2.45, 2.75) is 19.1 Å². The van der Waals surface area contributed by atoms with Gasteiger partial charge in [0.1, 0.15) is 6.04 Å².